The summed E-state index contributed by atoms with van der Waals surface area (Å²) in [6, 6.07) is 0. The zero-order valence-electron chi connectivity index (χ0n) is 8.54. The van der Waals surface area contributed by atoms with Crippen molar-refractivity contribution >= 4 is 5.97 Å². The van der Waals surface area contributed by atoms with E-state index in [2.05, 4.69) is 4.94 Å². The molecule has 1 saturated carbocycles. The van der Waals surface area contributed by atoms with Gasteiger partial charge in [-0.1, -0.05) is 0 Å². The van der Waals surface area contributed by atoms with Gasteiger partial charge in [0.15, 0.2) is 5.79 Å². The Labute approximate surface area is 87.6 Å². The maximum atomic E-state index is 11.5. The molecule has 2 rings (SSSR count). The van der Waals surface area contributed by atoms with Crippen LogP contribution in [0.25, 0.3) is 0 Å². The van der Waals surface area contributed by atoms with Gasteiger partial charge < -0.3 is 9.47 Å². The van der Waals surface area contributed by atoms with Gasteiger partial charge in [-0.05, 0) is 18.8 Å². The second kappa shape index (κ2) is 4.45. The van der Waals surface area contributed by atoms with Crippen molar-refractivity contribution in [2.45, 2.75) is 37.9 Å². The summed E-state index contributed by atoms with van der Waals surface area (Å²) in [5.74, 6) is -0.980. The molecule has 4 nitrogen and oxygen atoms in total. The standard InChI is InChI=1S/C10H15FO4/c11-15-9(12)7-8-1-3-10(4-2-8)13-5-6-14-10/h8H,1-7H2. The van der Waals surface area contributed by atoms with Crippen molar-refractivity contribution in [2.75, 3.05) is 13.2 Å². The molecule has 0 N–H and O–H groups in total. The van der Waals surface area contributed by atoms with Gasteiger partial charge in [0.1, 0.15) is 0 Å². The molecule has 0 bridgehead atoms. The number of rotatable bonds is 2. The van der Waals surface area contributed by atoms with Crippen LogP contribution in [0.1, 0.15) is 32.1 Å². The maximum absolute atomic E-state index is 11.5. The van der Waals surface area contributed by atoms with E-state index in [0.29, 0.717) is 13.2 Å². The first-order valence-electron chi connectivity index (χ1n) is 5.33. The fourth-order valence-corrected chi connectivity index (χ4v) is 2.37. The Hall–Kier alpha value is -0.680. The lowest BCUT2D eigenvalue weighted by atomic mass is 9.83. The van der Waals surface area contributed by atoms with Gasteiger partial charge in [-0.25, -0.2) is 4.79 Å². The first kappa shape index (κ1) is 10.8. The lowest BCUT2D eigenvalue weighted by molar-refractivity contribution is -0.193. The molecule has 1 heterocycles. The molecule has 0 aromatic carbocycles. The van der Waals surface area contributed by atoms with Crippen LogP contribution in [-0.4, -0.2) is 25.0 Å². The quantitative estimate of drug-likeness (QED) is 0.708. The molecule has 0 atom stereocenters. The third-order valence-electron chi connectivity index (χ3n) is 3.22. The number of halogens is 1. The van der Waals surface area contributed by atoms with Gasteiger partial charge in [-0.2, -0.15) is 0 Å². The van der Waals surface area contributed by atoms with Crippen LogP contribution in [0.3, 0.4) is 0 Å². The zero-order chi connectivity index (χ0) is 10.7. The molecule has 0 amide bonds. The van der Waals surface area contributed by atoms with Gasteiger partial charge in [0.05, 0.1) is 19.6 Å². The highest BCUT2D eigenvalue weighted by atomic mass is 19.3. The van der Waals surface area contributed by atoms with Crippen LogP contribution in [0.15, 0.2) is 0 Å². The average molecular weight is 218 g/mol. The van der Waals surface area contributed by atoms with E-state index in [1.807, 2.05) is 0 Å². The monoisotopic (exact) mass is 218 g/mol. The molecular weight excluding hydrogens is 203 g/mol. The van der Waals surface area contributed by atoms with Crippen LogP contribution in [0, 0.1) is 5.92 Å². The summed E-state index contributed by atoms with van der Waals surface area (Å²) in [6.45, 7) is 1.30. The SMILES string of the molecule is O=C(CC1CCC2(CC1)OCCO2)OF. The lowest BCUT2D eigenvalue weighted by Gasteiger charge is -2.34. The number of hydrogen-bond acceptors (Lipinski definition) is 4. The smallest absolute Gasteiger partial charge is 0.348 e. The Kier molecular flexibility index (Phi) is 3.21. The molecule has 0 aromatic heterocycles. The van der Waals surface area contributed by atoms with Gasteiger partial charge in [0.2, 0.25) is 0 Å². The molecule has 0 radical (unpaired) electrons. The van der Waals surface area contributed by atoms with Crippen molar-refractivity contribution in [3.63, 3.8) is 0 Å². The molecule has 5 heteroatoms. The number of hydrogen-bond donors (Lipinski definition) is 0. The predicted octanol–water partition coefficient (Wildman–Crippen LogP) is 1.74. The van der Waals surface area contributed by atoms with Crippen molar-refractivity contribution in [1.29, 1.82) is 0 Å². The number of carbonyl (C=O) groups excluding carboxylic acids is 1. The van der Waals surface area contributed by atoms with E-state index < -0.39 is 11.8 Å². The Balaban J connectivity index is 1.79. The first-order valence-corrected chi connectivity index (χ1v) is 5.33. The van der Waals surface area contributed by atoms with E-state index in [1.165, 1.54) is 0 Å². The average Bonchev–Trinajstić information content (AvgIpc) is 2.70. The van der Waals surface area contributed by atoms with E-state index >= 15 is 0 Å². The summed E-state index contributed by atoms with van der Waals surface area (Å²) < 4.78 is 22.6. The predicted molar refractivity (Wildman–Crippen MR) is 48.4 cm³/mol. The van der Waals surface area contributed by atoms with E-state index in [1.54, 1.807) is 0 Å². The van der Waals surface area contributed by atoms with E-state index in [4.69, 9.17) is 9.47 Å². The van der Waals surface area contributed by atoms with Crippen molar-refractivity contribution in [1.82, 2.24) is 0 Å². The first-order chi connectivity index (χ1) is 7.24. The topological polar surface area (TPSA) is 44.8 Å². The molecule has 1 aliphatic heterocycles. The molecular formula is C10H15FO4. The van der Waals surface area contributed by atoms with E-state index in [9.17, 15) is 9.32 Å². The van der Waals surface area contributed by atoms with Gasteiger partial charge >= 0.3 is 5.97 Å². The Bertz CT molecular complexity index is 228. The minimum atomic E-state index is -0.774. The molecule has 1 aliphatic carbocycles. The van der Waals surface area contributed by atoms with E-state index in [-0.39, 0.29) is 12.3 Å². The Morgan fingerprint density at radius 1 is 1.33 bits per heavy atom. The molecule has 0 unspecified atom stereocenters. The molecule has 0 aromatic rings. The van der Waals surface area contributed by atoms with Crippen molar-refractivity contribution in [2.24, 2.45) is 5.92 Å². The molecule has 86 valence electrons. The van der Waals surface area contributed by atoms with Crippen LogP contribution in [0.4, 0.5) is 4.53 Å². The van der Waals surface area contributed by atoms with E-state index in [0.717, 1.165) is 25.7 Å². The fourth-order valence-electron chi connectivity index (χ4n) is 2.37. The lowest BCUT2D eigenvalue weighted by Crippen LogP contribution is -2.35. The highest BCUT2D eigenvalue weighted by molar-refractivity contribution is 5.68. The van der Waals surface area contributed by atoms with Crippen molar-refractivity contribution in [3.8, 4) is 0 Å². The number of carbonyl (C=O) groups is 1. The third kappa shape index (κ3) is 2.46. The van der Waals surface area contributed by atoms with Gasteiger partial charge in [-0.3, -0.25) is 4.94 Å². The number of ether oxygens (including phenoxy) is 2. The molecule has 2 fully saturated rings. The maximum Gasteiger partial charge on any atom is 0.349 e. The van der Waals surface area contributed by atoms with Crippen molar-refractivity contribution in [3.05, 3.63) is 0 Å². The van der Waals surface area contributed by atoms with Crippen LogP contribution >= 0.6 is 0 Å². The summed E-state index contributed by atoms with van der Waals surface area (Å²) >= 11 is 0. The van der Waals surface area contributed by atoms with Gasteiger partial charge in [0.25, 0.3) is 0 Å². The second-order valence-corrected chi connectivity index (χ2v) is 4.20. The van der Waals surface area contributed by atoms with Crippen LogP contribution < -0.4 is 0 Å². The summed E-state index contributed by atoms with van der Waals surface area (Å²) in [6.07, 6.45) is 3.39. The highest BCUT2D eigenvalue weighted by Gasteiger charge is 2.40. The molecule has 1 saturated heterocycles. The highest BCUT2D eigenvalue weighted by Crippen LogP contribution is 2.39. The van der Waals surface area contributed by atoms with Gasteiger partial charge in [0, 0.05) is 17.4 Å². The molecule has 1 spiro atoms. The summed E-state index contributed by atoms with van der Waals surface area (Å²) in [5, 5.41) is 0. The Morgan fingerprint density at radius 3 is 2.47 bits per heavy atom. The second-order valence-electron chi connectivity index (χ2n) is 4.20. The summed E-state index contributed by atoms with van der Waals surface area (Å²) in [5.41, 5.74) is 0. The van der Waals surface area contributed by atoms with Gasteiger partial charge in [-0.15, -0.1) is 0 Å². The largest absolute Gasteiger partial charge is 0.349 e. The summed E-state index contributed by atoms with van der Waals surface area (Å²) in [7, 11) is 0. The fraction of sp³-hybridized carbons (Fsp3) is 0.900. The zero-order valence-corrected chi connectivity index (χ0v) is 8.54. The minimum Gasteiger partial charge on any atom is -0.348 e. The molecule has 2 aliphatic rings. The minimum absolute atomic E-state index is 0.159. The molecule has 15 heavy (non-hydrogen) atoms. The van der Waals surface area contributed by atoms with Crippen LogP contribution in [0.5, 0.6) is 0 Å². The van der Waals surface area contributed by atoms with Crippen LogP contribution in [0.2, 0.25) is 0 Å². The Morgan fingerprint density at radius 2 is 1.93 bits per heavy atom. The van der Waals surface area contributed by atoms with Crippen molar-refractivity contribution < 1.29 is 23.7 Å². The van der Waals surface area contributed by atoms with Crippen LogP contribution in [-0.2, 0) is 19.2 Å². The third-order valence-corrected chi connectivity index (χ3v) is 3.22. The normalized spacial score (nSPS) is 25.7. The summed E-state index contributed by atoms with van der Waals surface area (Å²) in [4.78, 5) is 13.9.